The Balaban J connectivity index is 1.67. The Bertz CT molecular complexity index is 479. The van der Waals surface area contributed by atoms with Crippen molar-refractivity contribution < 1.29 is 9.59 Å². The first-order chi connectivity index (χ1) is 8.74. The van der Waals surface area contributed by atoms with Crippen molar-refractivity contribution in [3.63, 3.8) is 0 Å². The van der Waals surface area contributed by atoms with Gasteiger partial charge in [-0.25, -0.2) is 4.79 Å². The second kappa shape index (κ2) is 4.53. The van der Waals surface area contributed by atoms with Gasteiger partial charge in [-0.3, -0.25) is 4.79 Å². The smallest absolute Gasteiger partial charge is 0.315 e. The number of amides is 3. The molecular weight excluding hydrogens is 250 g/mol. The molecule has 6 heteroatoms. The molecule has 3 atom stereocenters. The van der Waals surface area contributed by atoms with E-state index in [1.54, 1.807) is 23.9 Å². The molecule has 0 unspecified atom stereocenters. The van der Waals surface area contributed by atoms with Crippen molar-refractivity contribution in [2.24, 2.45) is 0 Å². The van der Waals surface area contributed by atoms with Crippen molar-refractivity contribution in [3.05, 3.63) is 35.9 Å². The van der Waals surface area contributed by atoms with Crippen LogP contribution in [0.5, 0.6) is 0 Å². The van der Waals surface area contributed by atoms with E-state index in [2.05, 4.69) is 16.0 Å². The van der Waals surface area contributed by atoms with Crippen LogP contribution in [0.15, 0.2) is 30.3 Å². The van der Waals surface area contributed by atoms with Crippen LogP contribution >= 0.6 is 11.8 Å². The number of fused-ring (bicyclic) bond motifs is 1. The maximum Gasteiger partial charge on any atom is 0.315 e. The largest absolute Gasteiger partial charge is 0.338 e. The minimum absolute atomic E-state index is 0.0184. The van der Waals surface area contributed by atoms with E-state index in [1.165, 1.54) is 0 Å². The van der Waals surface area contributed by atoms with Crippen LogP contribution in [-0.2, 0) is 0 Å². The van der Waals surface area contributed by atoms with Gasteiger partial charge in [-0.15, -0.1) is 11.8 Å². The van der Waals surface area contributed by atoms with E-state index >= 15 is 0 Å². The summed E-state index contributed by atoms with van der Waals surface area (Å²) in [4.78, 5) is 23.2. The van der Waals surface area contributed by atoms with E-state index in [0.717, 1.165) is 5.75 Å². The molecule has 2 heterocycles. The first-order valence-corrected chi connectivity index (χ1v) is 6.83. The van der Waals surface area contributed by atoms with Crippen molar-refractivity contribution >= 4 is 23.7 Å². The predicted octanol–water partition coefficient (Wildman–Crippen LogP) is 0.539. The number of rotatable bonds is 2. The molecule has 1 aromatic carbocycles. The number of urea groups is 1. The van der Waals surface area contributed by atoms with Crippen molar-refractivity contribution in [3.8, 4) is 0 Å². The topological polar surface area (TPSA) is 70.2 Å². The van der Waals surface area contributed by atoms with Gasteiger partial charge in [-0.05, 0) is 12.1 Å². The quantitative estimate of drug-likeness (QED) is 0.682. The molecule has 2 aliphatic heterocycles. The fourth-order valence-corrected chi connectivity index (χ4v) is 3.59. The first-order valence-electron chi connectivity index (χ1n) is 5.78. The highest BCUT2D eigenvalue weighted by Crippen LogP contribution is 2.28. The number of nitrogens with one attached hydrogen (secondary N) is 3. The summed E-state index contributed by atoms with van der Waals surface area (Å²) in [6.07, 6.45) is 0. The monoisotopic (exact) mass is 263 g/mol. The van der Waals surface area contributed by atoms with E-state index in [9.17, 15) is 9.59 Å². The third-order valence-corrected chi connectivity index (χ3v) is 4.46. The molecule has 0 saturated carbocycles. The standard InChI is InChI=1S/C12H13N3O2S/c16-10(7-4-2-1-3-5-7)15-11-9-8(6-18-11)13-12(17)14-9/h1-5,8-9,11H,6H2,(H,15,16)(H2,13,14,17)/t8-,9-,11+/m1/s1. The van der Waals surface area contributed by atoms with Gasteiger partial charge in [-0.2, -0.15) is 0 Å². The van der Waals surface area contributed by atoms with Gasteiger partial charge in [0.25, 0.3) is 5.91 Å². The van der Waals surface area contributed by atoms with Gasteiger partial charge in [0.1, 0.15) is 0 Å². The van der Waals surface area contributed by atoms with Gasteiger partial charge < -0.3 is 16.0 Å². The number of hydrogen-bond acceptors (Lipinski definition) is 3. The zero-order valence-corrected chi connectivity index (χ0v) is 10.4. The van der Waals surface area contributed by atoms with Crippen molar-refractivity contribution in [2.45, 2.75) is 17.5 Å². The highest BCUT2D eigenvalue weighted by molar-refractivity contribution is 8.00. The molecule has 18 heavy (non-hydrogen) atoms. The van der Waals surface area contributed by atoms with Crippen molar-refractivity contribution in [1.29, 1.82) is 0 Å². The number of benzene rings is 1. The van der Waals surface area contributed by atoms with Gasteiger partial charge in [0.05, 0.1) is 17.5 Å². The SMILES string of the molecule is O=C1N[C@@H]2[C@@H](CS[C@@H]2NC(=O)c2ccccc2)N1. The second-order valence-corrected chi connectivity index (χ2v) is 5.52. The summed E-state index contributed by atoms with van der Waals surface area (Å²) in [5.41, 5.74) is 0.638. The summed E-state index contributed by atoms with van der Waals surface area (Å²) in [6.45, 7) is 0. The molecule has 3 rings (SSSR count). The fraction of sp³-hybridized carbons (Fsp3) is 0.333. The average molecular weight is 263 g/mol. The summed E-state index contributed by atoms with van der Waals surface area (Å²) < 4.78 is 0. The van der Waals surface area contributed by atoms with Gasteiger partial charge in [0, 0.05) is 11.3 Å². The molecule has 1 aromatic rings. The third-order valence-electron chi connectivity index (χ3n) is 3.14. The number of thioether (sulfide) groups is 1. The Morgan fingerprint density at radius 3 is 2.83 bits per heavy atom. The zero-order valence-electron chi connectivity index (χ0n) is 9.55. The lowest BCUT2D eigenvalue weighted by Gasteiger charge is -2.18. The van der Waals surface area contributed by atoms with Crippen LogP contribution in [0.25, 0.3) is 0 Å². The summed E-state index contributed by atoms with van der Waals surface area (Å²) in [5, 5.41) is 8.56. The molecule has 5 nitrogen and oxygen atoms in total. The first kappa shape index (κ1) is 11.4. The zero-order chi connectivity index (χ0) is 12.5. The third kappa shape index (κ3) is 2.03. The van der Waals surface area contributed by atoms with Crippen LogP contribution in [0.3, 0.4) is 0 Å². The molecule has 0 aliphatic carbocycles. The minimum Gasteiger partial charge on any atom is -0.338 e. The van der Waals surface area contributed by atoms with Crippen molar-refractivity contribution in [2.75, 3.05) is 5.75 Å². The number of carbonyl (C=O) groups is 2. The van der Waals surface area contributed by atoms with Crippen LogP contribution in [0.2, 0.25) is 0 Å². The van der Waals surface area contributed by atoms with Crippen LogP contribution in [0.4, 0.5) is 4.79 Å². The maximum absolute atomic E-state index is 12.0. The molecule has 0 spiro atoms. The molecular formula is C12H13N3O2S. The molecule has 2 saturated heterocycles. The highest BCUT2D eigenvalue weighted by Gasteiger charge is 2.43. The van der Waals surface area contributed by atoms with Crippen LogP contribution in [0.1, 0.15) is 10.4 Å². The summed E-state index contributed by atoms with van der Waals surface area (Å²) >= 11 is 1.65. The van der Waals surface area contributed by atoms with Gasteiger partial charge in [0.15, 0.2) is 0 Å². The Morgan fingerprint density at radius 2 is 2.06 bits per heavy atom. The fourth-order valence-electron chi connectivity index (χ4n) is 2.23. The lowest BCUT2D eigenvalue weighted by molar-refractivity contribution is 0.0945. The van der Waals surface area contributed by atoms with E-state index in [-0.39, 0.29) is 29.4 Å². The Labute approximate surface area is 109 Å². The Morgan fingerprint density at radius 1 is 1.28 bits per heavy atom. The number of carbonyl (C=O) groups excluding carboxylic acids is 2. The van der Waals surface area contributed by atoms with Crippen molar-refractivity contribution in [1.82, 2.24) is 16.0 Å². The molecule has 0 aromatic heterocycles. The average Bonchev–Trinajstić information content (AvgIpc) is 2.91. The summed E-state index contributed by atoms with van der Waals surface area (Å²) in [6, 6.07) is 9.04. The predicted molar refractivity (Wildman–Crippen MR) is 69.4 cm³/mol. The number of hydrogen-bond donors (Lipinski definition) is 3. The molecule has 94 valence electrons. The van der Waals surface area contributed by atoms with E-state index < -0.39 is 0 Å². The van der Waals surface area contributed by atoms with Crippen LogP contribution in [0, 0.1) is 0 Å². The van der Waals surface area contributed by atoms with Gasteiger partial charge >= 0.3 is 6.03 Å². The second-order valence-electron chi connectivity index (χ2n) is 4.34. The van der Waals surface area contributed by atoms with E-state index in [0.29, 0.717) is 5.56 Å². The Kier molecular flexibility index (Phi) is 2.87. The molecule has 3 N–H and O–H groups in total. The Hall–Kier alpha value is -1.69. The molecule has 3 amide bonds. The maximum atomic E-state index is 12.0. The van der Waals surface area contributed by atoms with Crippen LogP contribution in [-0.4, -0.2) is 35.1 Å². The molecule has 0 radical (unpaired) electrons. The van der Waals surface area contributed by atoms with Crippen LogP contribution < -0.4 is 16.0 Å². The summed E-state index contributed by atoms with van der Waals surface area (Å²) in [5.74, 6) is 0.721. The highest BCUT2D eigenvalue weighted by atomic mass is 32.2. The van der Waals surface area contributed by atoms with E-state index in [4.69, 9.17) is 0 Å². The molecule has 0 bridgehead atoms. The summed E-state index contributed by atoms with van der Waals surface area (Å²) in [7, 11) is 0. The minimum atomic E-state index is -0.149. The van der Waals surface area contributed by atoms with E-state index in [1.807, 2.05) is 18.2 Å². The lowest BCUT2D eigenvalue weighted by atomic mass is 10.1. The molecule has 2 fully saturated rings. The molecule has 2 aliphatic rings. The van der Waals surface area contributed by atoms with Gasteiger partial charge in [0.2, 0.25) is 0 Å². The normalized spacial score (nSPS) is 29.3. The lowest BCUT2D eigenvalue weighted by Crippen LogP contribution is -2.46. The van der Waals surface area contributed by atoms with Gasteiger partial charge in [-0.1, -0.05) is 18.2 Å².